The lowest BCUT2D eigenvalue weighted by Gasteiger charge is -2.33. The number of nitrogens with zero attached hydrogens (tertiary/aromatic N) is 2. The van der Waals surface area contributed by atoms with Crippen molar-refractivity contribution in [3.63, 3.8) is 0 Å². The first-order chi connectivity index (χ1) is 13.2. The van der Waals surface area contributed by atoms with Gasteiger partial charge in [-0.05, 0) is 35.3 Å². The highest BCUT2D eigenvalue weighted by atomic mass is 16.2. The maximum absolute atomic E-state index is 12.5. The second kappa shape index (κ2) is 7.92. The minimum absolute atomic E-state index is 0.0324. The minimum atomic E-state index is 0.0324. The zero-order chi connectivity index (χ0) is 18.6. The molecule has 4 rings (SSSR count). The molecule has 2 fully saturated rings. The number of carbonyl (C=O) groups is 2. The summed E-state index contributed by atoms with van der Waals surface area (Å²) in [5.74, 6) is 0.137. The first-order valence-electron chi connectivity index (χ1n) is 9.65. The minimum Gasteiger partial charge on any atom is -0.352 e. The van der Waals surface area contributed by atoms with Crippen molar-refractivity contribution in [3.8, 4) is 0 Å². The highest BCUT2D eigenvalue weighted by Crippen LogP contribution is 2.20. The molecule has 27 heavy (non-hydrogen) atoms. The second-order valence-corrected chi connectivity index (χ2v) is 7.34. The summed E-state index contributed by atoms with van der Waals surface area (Å²) in [5.41, 5.74) is 1.05. The summed E-state index contributed by atoms with van der Waals surface area (Å²) in [6.45, 7) is 3.24. The molecule has 0 bridgehead atoms. The number of fused-ring (bicyclic) bond motifs is 1. The molecule has 5 nitrogen and oxygen atoms in total. The lowest BCUT2D eigenvalue weighted by molar-refractivity contribution is -0.128. The van der Waals surface area contributed by atoms with Gasteiger partial charge < -0.3 is 10.2 Å². The van der Waals surface area contributed by atoms with Crippen LogP contribution in [0.5, 0.6) is 0 Å². The molecule has 1 saturated carbocycles. The fraction of sp³-hybridized carbons (Fsp3) is 0.364. The Balaban J connectivity index is 1.31. The van der Waals surface area contributed by atoms with E-state index in [9.17, 15) is 9.59 Å². The molecular weight excluding hydrogens is 338 g/mol. The number of hydrogen-bond donors (Lipinski definition) is 1. The van der Waals surface area contributed by atoms with E-state index < -0.39 is 0 Å². The average molecular weight is 363 g/mol. The van der Waals surface area contributed by atoms with Gasteiger partial charge in [0.1, 0.15) is 0 Å². The molecule has 5 heteroatoms. The number of piperazine rings is 1. The number of rotatable bonds is 5. The summed E-state index contributed by atoms with van der Waals surface area (Å²) in [7, 11) is 0. The number of nitrogens with one attached hydrogen (secondary N) is 1. The third-order valence-corrected chi connectivity index (χ3v) is 5.22. The summed E-state index contributed by atoms with van der Waals surface area (Å²) in [6, 6.07) is 14.7. The number of benzene rings is 2. The maximum atomic E-state index is 12.5. The Hall–Kier alpha value is -2.66. The van der Waals surface area contributed by atoms with Crippen LogP contribution in [0, 0.1) is 0 Å². The van der Waals surface area contributed by atoms with Gasteiger partial charge in [0.25, 0.3) is 0 Å². The summed E-state index contributed by atoms with van der Waals surface area (Å²) in [4.78, 5) is 28.4. The number of amides is 2. The zero-order valence-electron chi connectivity index (χ0n) is 15.4. The molecule has 2 aromatic carbocycles. The van der Waals surface area contributed by atoms with Crippen LogP contribution < -0.4 is 5.32 Å². The molecule has 2 amide bonds. The first-order valence-corrected chi connectivity index (χ1v) is 9.65. The van der Waals surface area contributed by atoms with Crippen LogP contribution in [0.2, 0.25) is 0 Å². The van der Waals surface area contributed by atoms with Crippen molar-refractivity contribution in [2.75, 3.05) is 32.7 Å². The Kier molecular flexibility index (Phi) is 5.21. The van der Waals surface area contributed by atoms with Gasteiger partial charge in [0.15, 0.2) is 0 Å². The predicted octanol–water partition coefficient (Wildman–Crippen LogP) is 2.28. The molecule has 1 aliphatic heterocycles. The van der Waals surface area contributed by atoms with Gasteiger partial charge in [-0.3, -0.25) is 14.5 Å². The summed E-state index contributed by atoms with van der Waals surface area (Å²) >= 11 is 0. The lowest BCUT2D eigenvalue weighted by atomic mass is 10.0. The van der Waals surface area contributed by atoms with Crippen LogP contribution in [0.1, 0.15) is 18.4 Å². The van der Waals surface area contributed by atoms with Gasteiger partial charge in [-0.15, -0.1) is 0 Å². The van der Waals surface area contributed by atoms with Gasteiger partial charge >= 0.3 is 0 Å². The highest BCUT2D eigenvalue weighted by Gasteiger charge is 2.25. The van der Waals surface area contributed by atoms with Crippen LogP contribution in [-0.4, -0.2) is 60.4 Å². The van der Waals surface area contributed by atoms with Crippen LogP contribution >= 0.6 is 0 Å². The Bertz CT molecular complexity index is 859. The van der Waals surface area contributed by atoms with E-state index >= 15 is 0 Å². The number of hydrogen-bond acceptors (Lipinski definition) is 3. The van der Waals surface area contributed by atoms with E-state index in [4.69, 9.17) is 0 Å². The van der Waals surface area contributed by atoms with Gasteiger partial charge in [-0.25, -0.2) is 0 Å². The van der Waals surface area contributed by atoms with E-state index in [0.717, 1.165) is 36.9 Å². The molecule has 1 aliphatic carbocycles. The molecule has 2 aromatic rings. The molecule has 2 aliphatic rings. The molecule has 0 unspecified atom stereocenters. The van der Waals surface area contributed by atoms with Crippen LogP contribution in [0.3, 0.4) is 0 Å². The van der Waals surface area contributed by atoms with Gasteiger partial charge in [0.05, 0.1) is 6.54 Å². The zero-order valence-corrected chi connectivity index (χ0v) is 15.4. The topological polar surface area (TPSA) is 52.7 Å². The van der Waals surface area contributed by atoms with E-state index in [1.165, 1.54) is 5.39 Å². The van der Waals surface area contributed by atoms with Crippen LogP contribution in [0.4, 0.5) is 0 Å². The van der Waals surface area contributed by atoms with Crippen molar-refractivity contribution in [1.29, 1.82) is 0 Å². The van der Waals surface area contributed by atoms with Crippen molar-refractivity contribution < 1.29 is 9.59 Å². The maximum Gasteiger partial charge on any atom is 0.246 e. The largest absolute Gasteiger partial charge is 0.352 e. The van der Waals surface area contributed by atoms with E-state index in [0.29, 0.717) is 25.7 Å². The fourth-order valence-corrected chi connectivity index (χ4v) is 3.49. The summed E-state index contributed by atoms with van der Waals surface area (Å²) in [6.07, 6.45) is 5.78. The molecule has 0 aromatic heterocycles. The summed E-state index contributed by atoms with van der Waals surface area (Å²) < 4.78 is 0. The van der Waals surface area contributed by atoms with Crippen LogP contribution in [0.25, 0.3) is 16.8 Å². The van der Waals surface area contributed by atoms with Gasteiger partial charge in [-0.1, -0.05) is 42.5 Å². The first kappa shape index (κ1) is 17.7. The monoisotopic (exact) mass is 363 g/mol. The van der Waals surface area contributed by atoms with Crippen LogP contribution in [0.15, 0.2) is 48.5 Å². The molecule has 0 spiro atoms. The van der Waals surface area contributed by atoms with Crippen molar-refractivity contribution in [3.05, 3.63) is 54.1 Å². The molecular formula is C22H25N3O2. The van der Waals surface area contributed by atoms with Crippen molar-refractivity contribution in [1.82, 2.24) is 15.1 Å². The molecule has 0 radical (unpaired) electrons. The molecule has 0 atom stereocenters. The van der Waals surface area contributed by atoms with Crippen LogP contribution in [-0.2, 0) is 9.59 Å². The van der Waals surface area contributed by atoms with E-state index in [-0.39, 0.29) is 11.8 Å². The third kappa shape index (κ3) is 4.55. The smallest absolute Gasteiger partial charge is 0.246 e. The third-order valence-electron chi connectivity index (χ3n) is 5.22. The lowest BCUT2D eigenvalue weighted by Crippen LogP contribution is -2.51. The Morgan fingerprint density at radius 2 is 1.74 bits per heavy atom. The Morgan fingerprint density at radius 3 is 2.52 bits per heavy atom. The molecule has 1 heterocycles. The SMILES string of the molecule is O=C(CN1CCN(C(=O)C=Cc2cccc3ccccc23)CC1)NC1CC1. The molecule has 140 valence electrons. The van der Waals surface area contributed by atoms with E-state index in [1.807, 2.05) is 35.2 Å². The van der Waals surface area contributed by atoms with Gasteiger partial charge in [0.2, 0.25) is 11.8 Å². The predicted molar refractivity (Wildman–Crippen MR) is 107 cm³/mol. The van der Waals surface area contributed by atoms with E-state index in [1.54, 1.807) is 6.08 Å². The van der Waals surface area contributed by atoms with E-state index in [2.05, 4.69) is 28.4 Å². The second-order valence-electron chi connectivity index (χ2n) is 7.34. The summed E-state index contributed by atoms with van der Waals surface area (Å²) in [5, 5.41) is 5.34. The Morgan fingerprint density at radius 1 is 1.00 bits per heavy atom. The fourth-order valence-electron chi connectivity index (χ4n) is 3.49. The molecule has 1 saturated heterocycles. The standard InChI is InChI=1S/C22H25N3O2/c26-21(23-19-9-10-19)16-24-12-14-25(15-13-24)22(27)11-8-18-6-3-5-17-4-1-2-7-20(17)18/h1-8,11,19H,9-10,12-16H2,(H,23,26). The van der Waals surface area contributed by atoms with Crippen molar-refractivity contribution >= 4 is 28.7 Å². The average Bonchev–Trinajstić information content (AvgIpc) is 3.50. The van der Waals surface area contributed by atoms with Crippen molar-refractivity contribution in [2.24, 2.45) is 0 Å². The van der Waals surface area contributed by atoms with Crippen molar-refractivity contribution in [2.45, 2.75) is 18.9 Å². The molecule has 1 N–H and O–H groups in total. The highest BCUT2D eigenvalue weighted by molar-refractivity contribution is 5.96. The normalized spacial score (nSPS) is 18.1. The van der Waals surface area contributed by atoms with Gasteiger partial charge in [-0.2, -0.15) is 0 Å². The number of carbonyl (C=O) groups excluding carboxylic acids is 2. The van der Waals surface area contributed by atoms with Gasteiger partial charge in [0, 0.05) is 38.3 Å². The quantitative estimate of drug-likeness (QED) is 0.829. The Labute approximate surface area is 159 Å².